The predicted octanol–water partition coefficient (Wildman–Crippen LogP) is 15.1. The standard InChI is InChI=1S/C63H48BN/c1-39-37-42(4)60(43(5)38-39)64-55-29-16-17-30-56(55)65(62-40(2)19-18-20-41(62)3)63-54-36-35-52-50(49-27-14-12-25-47(49)44-21-8-6-9-22-44)33-31-46-32-34-53(58(54)57(46)52)59(61(63)64)51-28-15-13-26-48(51)45-23-10-7-11-24-45/h6-38H,1-5H3. The summed E-state index contributed by atoms with van der Waals surface area (Å²) in [7, 11) is 0. The maximum atomic E-state index is 2.65. The molecule has 0 saturated carbocycles. The van der Waals surface area contributed by atoms with Crippen LogP contribution < -0.4 is 21.3 Å². The Kier molecular flexibility index (Phi) is 9.14. The van der Waals surface area contributed by atoms with Crippen LogP contribution in [0.2, 0.25) is 0 Å². The molecule has 12 rings (SSSR count). The van der Waals surface area contributed by atoms with Crippen LogP contribution in [0.3, 0.4) is 0 Å². The second kappa shape index (κ2) is 15.3. The molecule has 0 saturated heterocycles. The third-order valence-corrected chi connectivity index (χ3v) is 14.2. The number of aryl methyl sites for hydroxylation is 5. The maximum Gasteiger partial charge on any atom is 0.248 e. The molecule has 0 N–H and O–H groups in total. The monoisotopic (exact) mass is 829 g/mol. The van der Waals surface area contributed by atoms with Gasteiger partial charge in [-0.15, -0.1) is 0 Å². The van der Waals surface area contributed by atoms with Gasteiger partial charge in [-0.3, -0.25) is 0 Å². The van der Waals surface area contributed by atoms with E-state index in [0.29, 0.717) is 0 Å². The smallest absolute Gasteiger partial charge is 0.248 e. The first kappa shape index (κ1) is 39.0. The lowest BCUT2D eigenvalue weighted by atomic mass is 9.32. The van der Waals surface area contributed by atoms with E-state index in [9.17, 15) is 0 Å². The lowest BCUT2D eigenvalue weighted by Crippen LogP contribution is -2.59. The lowest BCUT2D eigenvalue weighted by Gasteiger charge is -2.41. The molecule has 0 amide bonds. The average Bonchev–Trinajstić information content (AvgIpc) is 3.33. The summed E-state index contributed by atoms with van der Waals surface area (Å²) in [5.74, 6) is 0. The summed E-state index contributed by atoms with van der Waals surface area (Å²) in [6.07, 6.45) is 0. The van der Waals surface area contributed by atoms with Gasteiger partial charge in [-0.2, -0.15) is 0 Å². The molecule has 1 aliphatic rings. The highest BCUT2D eigenvalue weighted by molar-refractivity contribution is 6.99. The molecule has 65 heavy (non-hydrogen) atoms. The Balaban J connectivity index is 1.31. The Morgan fingerprint density at radius 3 is 1.57 bits per heavy atom. The van der Waals surface area contributed by atoms with E-state index in [1.54, 1.807) is 0 Å². The summed E-state index contributed by atoms with van der Waals surface area (Å²) < 4.78 is 0. The number of hydrogen-bond donors (Lipinski definition) is 0. The molecule has 0 spiro atoms. The van der Waals surface area contributed by atoms with Gasteiger partial charge in [0.2, 0.25) is 6.71 Å². The second-order valence-corrected chi connectivity index (χ2v) is 18.2. The number of para-hydroxylation sites is 2. The summed E-state index contributed by atoms with van der Waals surface area (Å²) in [6, 6.07) is 75.1. The topological polar surface area (TPSA) is 3.24 Å². The summed E-state index contributed by atoms with van der Waals surface area (Å²) in [4.78, 5) is 2.65. The minimum atomic E-state index is -0.0450. The van der Waals surface area contributed by atoms with Crippen molar-refractivity contribution in [2.75, 3.05) is 4.90 Å². The number of nitrogens with zero attached hydrogens (tertiary/aromatic N) is 1. The van der Waals surface area contributed by atoms with Gasteiger partial charge in [0.05, 0.1) is 5.69 Å². The van der Waals surface area contributed by atoms with E-state index in [0.717, 1.165) is 0 Å². The van der Waals surface area contributed by atoms with Crippen molar-refractivity contribution in [3.63, 3.8) is 0 Å². The fourth-order valence-corrected chi connectivity index (χ4v) is 11.7. The van der Waals surface area contributed by atoms with E-state index < -0.39 is 0 Å². The van der Waals surface area contributed by atoms with Crippen molar-refractivity contribution in [1.82, 2.24) is 0 Å². The molecule has 0 radical (unpaired) electrons. The minimum Gasteiger partial charge on any atom is -0.310 e. The molecule has 0 fully saturated rings. The lowest BCUT2D eigenvalue weighted by molar-refractivity contribution is 1.23. The summed E-state index contributed by atoms with van der Waals surface area (Å²) in [6.45, 7) is 11.4. The molecule has 0 atom stereocenters. The summed E-state index contributed by atoms with van der Waals surface area (Å²) in [5.41, 5.74) is 24.2. The molecular formula is C63H48BN. The SMILES string of the molecule is Cc1cc(C)c(B2c3ccccc3N(c3c(C)cccc3C)c3c2c(-c2ccccc2-c2ccccc2)c2ccc4ccc(-c5ccccc5-c5ccccc5)c5ccc3c2c45)c(C)c1. The number of anilines is 3. The van der Waals surface area contributed by atoms with Crippen LogP contribution in [0.25, 0.3) is 76.8 Å². The quantitative estimate of drug-likeness (QED) is 0.119. The van der Waals surface area contributed by atoms with E-state index in [-0.39, 0.29) is 6.71 Å². The summed E-state index contributed by atoms with van der Waals surface area (Å²) in [5, 5.41) is 7.68. The van der Waals surface area contributed by atoms with Crippen LogP contribution in [0.1, 0.15) is 27.8 Å². The largest absolute Gasteiger partial charge is 0.310 e. The van der Waals surface area contributed by atoms with Crippen molar-refractivity contribution in [2.24, 2.45) is 0 Å². The zero-order valence-electron chi connectivity index (χ0n) is 37.6. The van der Waals surface area contributed by atoms with E-state index >= 15 is 0 Å². The van der Waals surface area contributed by atoms with Crippen molar-refractivity contribution in [3.8, 4) is 44.5 Å². The van der Waals surface area contributed by atoms with E-state index in [1.807, 2.05) is 0 Å². The Labute approximate surface area is 382 Å². The first-order valence-electron chi connectivity index (χ1n) is 23.0. The zero-order valence-corrected chi connectivity index (χ0v) is 37.6. The van der Waals surface area contributed by atoms with Gasteiger partial charge in [0.25, 0.3) is 0 Å². The average molecular weight is 830 g/mol. The molecule has 11 aromatic rings. The number of benzene rings is 11. The Morgan fingerprint density at radius 2 is 0.892 bits per heavy atom. The first-order valence-corrected chi connectivity index (χ1v) is 23.0. The van der Waals surface area contributed by atoms with Gasteiger partial charge < -0.3 is 4.90 Å². The number of fused-ring (bicyclic) bond motifs is 3. The van der Waals surface area contributed by atoms with Gasteiger partial charge >= 0.3 is 0 Å². The third kappa shape index (κ3) is 6.01. The third-order valence-electron chi connectivity index (χ3n) is 14.2. The summed E-state index contributed by atoms with van der Waals surface area (Å²) >= 11 is 0. The molecule has 1 aliphatic heterocycles. The molecule has 0 unspecified atom stereocenters. The van der Waals surface area contributed by atoms with Crippen molar-refractivity contribution in [2.45, 2.75) is 34.6 Å². The van der Waals surface area contributed by atoms with Gasteiger partial charge in [0.1, 0.15) is 0 Å². The Hall–Kier alpha value is -7.68. The van der Waals surface area contributed by atoms with Gasteiger partial charge in [-0.1, -0.05) is 216 Å². The zero-order chi connectivity index (χ0) is 43.9. The van der Waals surface area contributed by atoms with E-state index in [2.05, 4.69) is 240 Å². The van der Waals surface area contributed by atoms with Gasteiger partial charge in [-0.25, -0.2) is 0 Å². The highest BCUT2D eigenvalue weighted by Gasteiger charge is 2.42. The van der Waals surface area contributed by atoms with Crippen molar-refractivity contribution in [3.05, 3.63) is 228 Å². The van der Waals surface area contributed by atoms with Gasteiger partial charge in [0.15, 0.2) is 0 Å². The molecule has 1 nitrogen and oxygen atoms in total. The predicted molar refractivity (Wildman–Crippen MR) is 281 cm³/mol. The van der Waals surface area contributed by atoms with Crippen LogP contribution in [0.15, 0.2) is 200 Å². The number of rotatable bonds is 6. The molecule has 2 heteroatoms. The molecule has 11 aromatic carbocycles. The maximum absolute atomic E-state index is 2.65. The second-order valence-electron chi connectivity index (χ2n) is 18.2. The van der Waals surface area contributed by atoms with Crippen LogP contribution >= 0.6 is 0 Å². The van der Waals surface area contributed by atoms with Crippen molar-refractivity contribution in [1.29, 1.82) is 0 Å². The van der Waals surface area contributed by atoms with Crippen molar-refractivity contribution >= 4 is 72.5 Å². The highest BCUT2D eigenvalue weighted by Crippen LogP contribution is 2.51. The fraction of sp³-hybridized carbons (Fsp3) is 0.0794. The Morgan fingerprint density at radius 1 is 0.354 bits per heavy atom. The van der Waals surface area contributed by atoms with Gasteiger partial charge in [-0.05, 0) is 129 Å². The van der Waals surface area contributed by atoms with Crippen LogP contribution in [0.5, 0.6) is 0 Å². The van der Waals surface area contributed by atoms with E-state index in [4.69, 9.17) is 0 Å². The van der Waals surface area contributed by atoms with Crippen LogP contribution in [-0.2, 0) is 0 Å². The van der Waals surface area contributed by atoms with Crippen LogP contribution in [0, 0.1) is 34.6 Å². The molecule has 308 valence electrons. The molecule has 0 aromatic heterocycles. The molecule has 0 bridgehead atoms. The van der Waals surface area contributed by atoms with Crippen LogP contribution in [0.4, 0.5) is 17.1 Å². The Bertz CT molecular complexity index is 3620. The molecule has 0 aliphatic carbocycles. The van der Waals surface area contributed by atoms with Crippen LogP contribution in [-0.4, -0.2) is 6.71 Å². The highest BCUT2D eigenvalue weighted by atomic mass is 15.2. The normalized spacial score (nSPS) is 12.3. The fourth-order valence-electron chi connectivity index (χ4n) is 11.7. The minimum absolute atomic E-state index is 0.0450. The van der Waals surface area contributed by atoms with Gasteiger partial charge in [0, 0.05) is 22.1 Å². The van der Waals surface area contributed by atoms with Crippen molar-refractivity contribution < 1.29 is 0 Å². The molecule has 1 heterocycles. The number of hydrogen-bond acceptors (Lipinski definition) is 1. The van der Waals surface area contributed by atoms with E-state index in [1.165, 1.54) is 138 Å². The molecular weight excluding hydrogens is 782 g/mol. The first-order chi connectivity index (χ1) is 31.9.